The van der Waals surface area contributed by atoms with E-state index >= 15 is 0 Å². The van der Waals surface area contributed by atoms with Crippen molar-refractivity contribution in [3.63, 3.8) is 0 Å². The standard InChI is InChI=1S/C26H22N4O3/c1-31-18-12-10-16(11-13-18)25-22-23(20-8-3-4-9-21(20)33-25)29-26-27-15-28-30(26)24(22)17-6-5-7-19(14-17)32-2/h3-15,24-25H,1-2H3,(H,27,28,29)/t24-,25-/m0/s1. The lowest BCUT2D eigenvalue weighted by Crippen LogP contribution is -2.32. The van der Waals surface area contributed by atoms with Gasteiger partial charge in [0.05, 0.1) is 19.9 Å². The van der Waals surface area contributed by atoms with E-state index in [1.807, 2.05) is 65.3 Å². The van der Waals surface area contributed by atoms with Crippen molar-refractivity contribution in [1.29, 1.82) is 0 Å². The maximum Gasteiger partial charge on any atom is 0.226 e. The van der Waals surface area contributed by atoms with E-state index in [4.69, 9.17) is 14.2 Å². The van der Waals surface area contributed by atoms with Gasteiger partial charge in [0.15, 0.2) is 0 Å². The molecule has 4 aromatic rings. The van der Waals surface area contributed by atoms with Crippen molar-refractivity contribution in [1.82, 2.24) is 14.8 Å². The molecular formula is C26H22N4O3. The summed E-state index contributed by atoms with van der Waals surface area (Å²) in [5.41, 5.74) is 5.11. The zero-order chi connectivity index (χ0) is 22.4. The molecule has 0 bridgehead atoms. The van der Waals surface area contributed by atoms with E-state index in [0.717, 1.165) is 45.2 Å². The maximum absolute atomic E-state index is 6.63. The second-order valence-corrected chi connectivity index (χ2v) is 7.93. The number of benzene rings is 3. The van der Waals surface area contributed by atoms with Crippen LogP contribution < -0.4 is 19.5 Å². The van der Waals surface area contributed by atoms with Gasteiger partial charge in [-0.2, -0.15) is 10.1 Å². The molecule has 1 aromatic heterocycles. The topological polar surface area (TPSA) is 70.4 Å². The van der Waals surface area contributed by atoms with E-state index in [1.165, 1.54) is 0 Å². The van der Waals surface area contributed by atoms with Crippen LogP contribution in [0.15, 0.2) is 84.7 Å². The van der Waals surface area contributed by atoms with Crippen LogP contribution in [0.2, 0.25) is 0 Å². The summed E-state index contributed by atoms with van der Waals surface area (Å²) in [4.78, 5) is 4.48. The molecule has 0 spiro atoms. The van der Waals surface area contributed by atoms with Crippen LogP contribution in [0.4, 0.5) is 5.95 Å². The quantitative estimate of drug-likeness (QED) is 0.491. The smallest absolute Gasteiger partial charge is 0.226 e. The third kappa shape index (κ3) is 3.12. The molecule has 3 aromatic carbocycles. The Morgan fingerprint density at radius 1 is 0.879 bits per heavy atom. The minimum atomic E-state index is -0.332. The van der Waals surface area contributed by atoms with Gasteiger partial charge < -0.3 is 19.5 Å². The molecule has 33 heavy (non-hydrogen) atoms. The molecule has 1 N–H and O–H groups in total. The van der Waals surface area contributed by atoms with Gasteiger partial charge in [-0.05, 0) is 47.5 Å². The molecule has 164 valence electrons. The lowest BCUT2D eigenvalue weighted by molar-refractivity contribution is 0.223. The van der Waals surface area contributed by atoms with E-state index in [9.17, 15) is 0 Å². The molecule has 0 amide bonds. The summed E-state index contributed by atoms with van der Waals surface area (Å²) in [6.07, 6.45) is 1.24. The van der Waals surface area contributed by atoms with Crippen molar-refractivity contribution in [2.45, 2.75) is 12.1 Å². The number of hydrogen-bond acceptors (Lipinski definition) is 6. The van der Waals surface area contributed by atoms with Crippen LogP contribution >= 0.6 is 0 Å². The minimum Gasteiger partial charge on any atom is -0.497 e. The summed E-state index contributed by atoms with van der Waals surface area (Å²) < 4.78 is 19.4. The molecule has 2 aliphatic rings. The van der Waals surface area contributed by atoms with Gasteiger partial charge in [-0.3, -0.25) is 0 Å². The molecule has 0 radical (unpaired) electrons. The van der Waals surface area contributed by atoms with Crippen molar-refractivity contribution in [2.24, 2.45) is 0 Å². The summed E-state index contributed by atoms with van der Waals surface area (Å²) >= 11 is 0. The molecule has 7 heteroatoms. The van der Waals surface area contributed by atoms with Crippen molar-refractivity contribution in [3.05, 3.63) is 101 Å². The fraction of sp³-hybridized carbons (Fsp3) is 0.154. The highest BCUT2D eigenvalue weighted by Crippen LogP contribution is 2.50. The number of hydrogen-bond donors (Lipinski definition) is 1. The second kappa shape index (κ2) is 7.70. The molecule has 2 atom stereocenters. The molecule has 2 aliphatic heterocycles. The molecule has 0 saturated heterocycles. The zero-order valence-electron chi connectivity index (χ0n) is 18.2. The van der Waals surface area contributed by atoms with Crippen LogP contribution in [0, 0.1) is 0 Å². The van der Waals surface area contributed by atoms with Crippen LogP contribution in [0.1, 0.15) is 28.8 Å². The Bertz CT molecular complexity index is 1360. The molecule has 0 unspecified atom stereocenters. The van der Waals surface area contributed by atoms with Crippen molar-refractivity contribution in [3.8, 4) is 17.2 Å². The number of para-hydroxylation sites is 1. The molecule has 0 saturated carbocycles. The second-order valence-electron chi connectivity index (χ2n) is 7.93. The number of rotatable bonds is 4. The van der Waals surface area contributed by atoms with Gasteiger partial charge >= 0.3 is 0 Å². The molecule has 3 heterocycles. The number of ether oxygens (including phenoxy) is 3. The van der Waals surface area contributed by atoms with Crippen LogP contribution in [0.25, 0.3) is 5.70 Å². The lowest BCUT2D eigenvalue weighted by atomic mass is 9.84. The number of nitrogens with zero attached hydrogens (tertiary/aromatic N) is 3. The lowest BCUT2D eigenvalue weighted by Gasteiger charge is -2.39. The zero-order valence-corrected chi connectivity index (χ0v) is 18.2. The Hall–Kier alpha value is -4.26. The van der Waals surface area contributed by atoms with E-state index in [1.54, 1.807) is 20.5 Å². The van der Waals surface area contributed by atoms with Gasteiger partial charge in [0, 0.05) is 11.1 Å². The average Bonchev–Trinajstić information content (AvgIpc) is 3.35. The Morgan fingerprint density at radius 3 is 2.52 bits per heavy atom. The van der Waals surface area contributed by atoms with Crippen molar-refractivity contribution in [2.75, 3.05) is 19.5 Å². The first-order chi connectivity index (χ1) is 16.3. The predicted molar refractivity (Wildman–Crippen MR) is 125 cm³/mol. The Balaban J connectivity index is 1.60. The summed E-state index contributed by atoms with van der Waals surface area (Å²) in [6, 6.07) is 23.9. The van der Waals surface area contributed by atoms with Crippen molar-refractivity contribution < 1.29 is 14.2 Å². The van der Waals surface area contributed by atoms with E-state index in [0.29, 0.717) is 5.95 Å². The largest absolute Gasteiger partial charge is 0.497 e. The van der Waals surface area contributed by atoms with Gasteiger partial charge in [-0.15, -0.1) is 0 Å². The summed E-state index contributed by atoms with van der Waals surface area (Å²) in [5, 5.41) is 8.08. The number of anilines is 1. The van der Waals surface area contributed by atoms with Gasteiger partial charge in [-0.1, -0.05) is 36.4 Å². The van der Waals surface area contributed by atoms with Crippen LogP contribution in [0.5, 0.6) is 17.2 Å². The third-order valence-corrected chi connectivity index (χ3v) is 6.15. The SMILES string of the molecule is COc1ccc([C@@H]2Oc3ccccc3C3=C2[C@H](c2cccc(OC)c2)n2ncnc2N3)cc1. The first kappa shape index (κ1) is 19.4. The molecular weight excluding hydrogens is 416 g/mol. The predicted octanol–water partition coefficient (Wildman–Crippen LogP) is 4.86. The molecule has 0 aliphatic carbocycles. The Labute approximate surface area is 191 Å². The highest BCUT2D eigenvalue weighted by atomic mass is 16.5. The fourth-order valence-corrected chi connectivity index (χ4v) is 4.60. The highest BCUT2D eigenvalue weighted by Gasteiger charge is 2.40. The fourth-order valence-electron chi connectivity index (χ4n) is 4.60. The van der Waals surface area contributed by atoms with Crippen LogP contribution in [0.3, 0.4) is 0 Å². The third-order valence-electron chi connectivity index (χ3n) is 6.15. The summed E-state index contributed by atoms with van der Waals surface area (Å²) in [7, 11) is 3.34. The number of nitrogens with one attached hydrogen (secondary N) is 1. The van der Waals surface area contributed by atoms with Crippen molar-refractivity contribution >= 4 is 11.6 Å². The Morgan fingerprint density at radius 2 is 1.70 bits per heavy atom. The Kier molecular flexibility index (Phi) is 4.54. The van der Waals surface area contributed by atoms with Crippen LogP contribution in [-0.2, 0) is 0 Å². The van der Waals surface area contributed by atoms with E-state index in [-0.39, 0.29) is 12.1 Å². The summed E-state index contributed by atoms with van der Waals surface area (Å²) in [5.74, 6) is 3.09. The van der Waals surface area contributed by atoms with Gasteiger partial charge in [-0.25, -0.2) is 4.68 Å². The monoisotopic (exact) mass is 438 g/mol. The highest BCUT2D eigenvalue weighted by molar-refractivity contribution is 5.85. The van der Waals surface area contributed by atoms with E-state index < -0.39 is 0 Å². The molecule has 6 rings (SSSR count). The van der Waals surface area contributed by atoms with Gasteiger partial charge in [0.1, 0.15) is 35.7 Å². The maximum atomic E-state index is 6.63. The van der Waals surface area contributed by atoms with E-state index in [2.05, 4.69) is 27.5 Å². The summed E-state index contributed by atoms with van der Waals surface area (Å²) in [6.45, 7) is 0. The first-order valence-corrected chi connectivity index (χ1v) is 10.7. The number of fused-ring (bicyclic) bond motifs is 3. The van der Waals surface area contributed by atoms with Gasteiger partial charge in [0.2, 0.25) is 5.95 Å². The first-order valence-electron chi connectivity index (χ1n) is 10.7. The average molecular weight is 438 g/mol. The normalized spacial score (nSPS) is 18.4. The van der Waals surface area contributed by atoms with Gasteiger partial charge in [0.25, 0.3) is 0 Å². The van der Waals surface area contributed by atoms with Crippen LogP contribution in [-0.4, -0.2) is 29.0 Å². The molecule has 7 nitrogen and oxygen atoms in total. The number of aromatic nitrogens is 3. The minimum absolute atomic E-state index is 0.227. The number of methoxy groups -OCH3 is 2. The molecule has 0 fully saturated rings.